The first-order chi connectivity index (χ1) is 13.3. The first-order valence-electron chi connectivity index (χ1n) is 7.84. The van der Waals surface area contributed by atoms with Crippen LogP contribution in [0.5, 0.6) is 0 Å². The minimum atomic E-state index is -4.85. The van der Waals surface area contributed by atoms with E-state index < -0.39 is 44.7 Å². The molecule has 0 unspecified atom stereocenters. The molecule has 2 aromatic heterocycles. The summed E-state index contributed by atoms with van der Waals surface area (Å²) in [4.78, 5) is 40.6. The molecule has 13 nitrogen and oxygen atoms in total. The van der Waals surface area contributed by atoms with Crippen LogP contribution in [0.25, 0.3) is 0 Å². The van der Waals surface area contributed by atoms with E-state index in [9.17, 15) is 14.5 Å². The third-order valence-corrected chi connectivity index (χ3v) is 4.12. The SMILES string of the molecule is CO[C@@H]1[C@H](OP(=O)(O)O)[C@@H](CO)O[C@H]1n1ccc(N)nc1=O.c1cncnc1. The highest BCUT2D eigenvalue weighted by molar-refractivity contribution is 7.46. The fraction of sp³-hybridized carbons (Fsp3) is 0.429. The standard InChI is InChI=1S/C10H16N3O8P.C4H4N2/c1-19-8-7(21-22(16,17)18)5(4-14)20-9(8)13-3-2-6(11)12-10(13)15;1-2-5-4-6-3-1/h2-3,5,7-9,14H,4H2,1H3,(H2,11,12,15)(H2,16,17,18);1-4H/t5-,7-,8-,9-;/m1./s1. The summed E-state index contributed by atoms with van der Waals surface area (Å²) in [6.07, 6.45) is 1.68. The van der Waals surface area contributed by atoms with Gasteiger partial charge in [0.25, 0.3) is 0 Å². The Kier molecular flexibility index (Phi) is 7.71. The molecular weight excluding hydrogens is 397 g/mol. The van der Waals surface area contributed by atoms with E-state index in [1.807, 2.05) is 0 Å². The first kappa shape index (κ1) is 22.0. The molecule has 4 atom stereocenters. The van der Waals surface area contributed by atoms with Gasteiger partial charge in [0.1, 0.15) is 30.5 Å². The molecule has 14 heteroatoms. The molecule has 0 saturated carbocycles. The number of anilines is 1. The number of phosphoric acid groups is 1. The Morgan fingerprint density at radius 2 is 2.00 bits per heavy atom. The second-order valence-corrected chi connectivity index (χ2v) is 6.65. The molecule has 5 N–H and O–H groups in total. The van der Waals surface area contributed by atoms with Gasteiger partial charge in [-0.1, -0.05) is 0 Å². The Labute approximate surface area is 159 Å². The lowest BCUT2D eigenvalue weighted by Gasteiger charge is -2.23. The van der Waals surface area contributed by atoms with Crippen LogP contribution < -0.4 is 11.4 Å². The van der Waals surface area contributed by atoms with Gasteiger partial charge in [0.05, 0.1) is 6.61 Å². The summed E-state index contributed by atoms with van der Waals surface area (Å²) in [5.74, 6) is 0.00920. The Morgan fingerprint density at radius 1 is 1.32 bits per heavy atom. The fourth-order valence-electron chi connectivity index (χ4n) is 2.49. The molecule has 3 heterocycles. The highest BCUT2D eigenvalue weighted by Crippen LogP contribution is 2.44. The number of hydrogen-bond acceptors (Lipinski definition) is 10. The summed E-state index contributed by atoms with van der Waals surface area (Å²) in [7, 11) is -3.59. The lowest BCUT2D eigenvalue weighted by Crippen LogP contribution is -2.38. The second-order valence-electron chi connectivity index (χ2n) is 5.46. The molecule has 1 aliphatic rings. The van der Waals surface area contributed by atoms with Crippen LogP contribution in [0, 0.1) is 0 Å². The van der Waals surface area contributed by atoms with Crippen LogP contribution in [0.2, 0.25) is 0 Å². The summed E-state index contributed by atoms with van der Waals surface area (Å²) >= 11 is 0. The van der Waals surface area contributed by atoms with Crippen molar-refractivity contribution in [3.05, 3.63) is 47.5 Å². The minimum absolute atomic E-state index is 0.00920. The van der Waals surface area contributed by atoms with Crippen molar-refractivity contribution in [2.75, 3.05) is 19.5 Å². The van der Waals surface area contributed by atoms with E-state index in [-0.39, 0.29) is 5.82 Å². The van der Waals surface area contributed by atoms with Crippen LogP contribution in [0.15, 0.2) is 41.8 Å². The van der Waals surface area contributed by atoms with Gasteiger partial charge in [-0.15, -0.1) is 0 Å². The summed E-state index contributed by atoms with van der Waals surface area (Å²) in [5, 5.41) is 9.29. The fourth-order valence-corrected chi connectivity index (χ4v) is 3.06. The largest absolute Gasteiger partial charge is 0.470 e. The van der Waals surface area contributed by atoms with Gasteiger partial charge in [-0.25, -0.2) is 19.3 Å². The molecule has 1 aliphatic heterocycles. The molecule has 0 aliphatic carbocycles. The van der Waals surface area contributed by atoms with Gasteiger partial charge in [-0.05, 0) is 12.1 Å². The monoisotopic (exact) mass is 417 g/mol. The number of ether oxygens (including phenoxy) is 2. The third kappa shape index (κ3) is 5.87. The Morgan fingerprint density at radius 3 is 2.43 bits per heavy atom. The van der Waals surface area contributed by atoms with Crippen molar-refractivity contribution >= 4 is 13.6 Å². The number of aromatic nitrogens is 4. The molecule has 1 fully saturated rings. The third-order valence-electron chi connectivity index (χ3n) is 3.60. The number of nitrogen functional groups attached to an aromatic ring is 1. The highest BCUT2D eigenvalue weighted by Gasteiger charge is 2.49. The van der Waals surface area contributed by atoms with Gasteiger partial charge in [0.15, 0.2) is 6.23 Å². The quantitative estimate of drug-likeness (QED) is 0.420. The maximum Gasteiger partial charge on any atom is 0.470 e. The molecule has 0 amide bonds. The summed E-state index contributed by atoms with van der Waals surface area (Å²) in [6.45, 7) is -0.585. The van der Waals surface area contributed by atoms with E-state index in [0.717, 1.165) is 4.57 Å². The predicted octanol–water partition coefficient (Wildman–Crippen LogP) is -1.32. The van der Waals surface area contributed by atoms with Crippen LogP contribution in [0.4, 0.5) is 5.82 Å². The molecule has 0 bridgehead atoms. The smallest absolute Gasteiger partial charge is 0.394 e. The van der Waals surface area contributed by atoms with Gasteiger partial charge >= 0.3 is 13.5 Å². The van der Waals surface area contributed by atoms with Crippen molar-refractivity contribution in [1.29, 1.82) is 0 Å². The topological polar surface area (TPSA) is 192 Å². The van der Waals surface area contributed by atoms with Crippen molar-refractivity contribution in [3.63, 3.8) is 0 Å². The molecule has 2 aromatic rings. The van der Waals surface area contributed by atoms with E-state index in [0.29, 0.717) is 0 Å². The molecule has 0 radical (unpaired) electrons. The summed E-state index contributed by atoms with van der Waals surface area (Å²) in [6, 6.07) is 3.13. The maximum absolute atomic E-state index is 11.9. The van der Waals surface area contributed by atoms with Gasteiger partial charge in [0, 0.05) is 25.7 Å². The van der Waals surface area contributed by atoms with Crippen molar-refractivity contribution in [1.82, 2.24) is 19.5 Å². The number of aliphatic hydroxyl groups excluding tert-OH is 1. The van der Waals surface area contributed by atoms with Gasteiger partial charge in [-0.2, -0.15) is 4.98 Å². The lowest BCUT2D eigenvalue weighted by atomic mass is 10.1. The number of methoxy groups -OCH3 is 1. The number of nitrogens with zero attached hydrogens (tertiary/aromatic N) is 4. The molecule has 154 valence electrons. The van der Waals surface area contributed by atoms with Crippen LogP contribution in [0.1, 0.15) is 6.23 Å². The van der Waals surface area contributed by atoms with E-state index in [2.05, 4.69) is 19.5 Å². The Balaban J connectivity index is 0.000000397. The van der Waals surface area contributed by atoms with Crippen LogP contribution in [-0.4, -0.2) is 66.4 Å². The second kappa shape index (κ2) is 9.80. The van der Waals surface area contributed by atoms with Crippen LogP contribution >= 0.6 is 7.82 Å². The van der Waals surface area contributed by atoms with Crippen molar-refractivity contribution < 1.29 is 33.5 Å². The number of aliphatic hydroxyl groups is 1. The van der Waals surface area contributed by atoms with Crippen molar-refractivity contribution in [2.24, 2.45) is 0 Å². The van der Waals surface area contributed by atoms with E-state index in [1.54, 1.807) is 18.5 Å². The minimum Gasteiger partial charge on any atom is -0.394 e. The normalized spacial score (nSPS) is 24.4. The van der Waals surface area contributed by atoms with Gasteiger partial charge < -0.3 is 30.1 Å². The average molecular weight is 417 g/mol. The summed E-state index contributed by atoms with van der Waals surface area (Å²) < 4.78 is 27.3. The van der Waals surface area contributed by atoms with E-state index in [1.165, 1.54) is 25.7 Å². The Bertz CT molecular complexity index is 820. The molecular formula is C14H20N5O8P. The highest BCUT2D eigenvalue weighted by atomic mass is 31.2. The summed E-state index contributed by atoms with van der Waals surface area (Å²) in [5.41, 5.74) is 4.66. The zero-order valence-electron chi connectivity index (χ0n) is 14.7. The zero-order valence-corrected chi connectivity index (χ0v) is 15.6. The average Bonchev–Trinajstić information content (AvgIpc) is 2.99. The van der Waals surface area contributed by atoms with Gasteiger partial charge in [0.2, 0.25) is 0 Å². The number of phosphoric ester groups is 1. The lowest BCUT2D eigenvalue weighted by molar-refractivity contribution is -0.0624. The molecule has 28 heavy (non-hydrogen) atoms. The van der Waals surface area contributed by atoms with Crippen LogP contribution in [0.3, 0.4) is 0 Å². The first-order valence-corrected chi connectivity index (χ1v) is 9.37. The molecule has 0 spiro atoms. The zero-order chi connectivity index (χ0) is 20.7. The van der Waals surface area contributed by atoms with E-state index >= 15 is 0 Å². The molecule has 0 aromatic carbocycles. The number of rotatable bonds is 5. The van der Waals surface area contributed by atoms with E-state index in [4.69, 9.17) is 25.0 Å². The maximum atomic E-state index is 11.9. The van der Waals surface area contributed by atoms with Crippen molar-refractivity contribution in [2.45, 2.75) is 24.5 Å². The van der Waals surface area contributed by atoms with Crippen molar-refractivity contribution in [3.8, 4) is 0 Å². The molecule has 1 saturated heterocycles. The number of nitrogens with two attached hydrogens (primary N) is 1. The van der Waals surface area contributed by atoms with Gasteiger partial charge in [-0.3, -0.25) is 9.09 Å². The predicted molar refractivity (Wildman–Crippen MR) is 93.7 cm³/mol. The Hall–Kier alpha value is -2.25. The van der Waals surface area contributed by atoms with Crippen LogP contribution in [-0.2, 0) is 18.6 Å². The molecule has 3 rings (SSSR count). The number of hydrogen-bond donors (Lipinski definition) is 4.